The van der Waals surface area contributed by atoms with Crippen LogP contribution in [0.4, 0.5) is 18.9 Å². The first-order chi connectivity index (χ1) is 17.4. The van der Waals surface area contributed by atoms with E-state index in [1.165, 1.54) is 41.8 Å². The van der Waals surface area contributed by atoms with Crippen molar-refractivity contribution in [2.24, 2.45) is 7.05 Å². The summed E-state index contributed by atoms with van der Waals surface area (Å²) in [5.74, 6) is 0.422. The van der Waals surface area contributed by atoms with Crippen molar-refractivity contribution >= 4 is 15.7 Å². The van der Waals surface area contributed by atoms with E-state index in [-0.39, 0.29) is 35.1 Å². The van der Waals surface area contributed by atoms with Gasteiger partial charge in [0.25, 0.3) is 5.56 Å². The summed E-state index contributed by atoms with van der Waals surface area (Å²) in [6.45, 7) is 1.76. The second-order valence-electron chi connectivity index (χ2n) is 8.44. The number of benzene rings is 2. The van der Waals surface area contributed by atoms with Crippen LogP contribution in [0.25, 0.3) is 11.1 Å². The number of ether oxygens (including phenoxy) is 3. The SMILES string of the molecule is CCS(=O)(=O)Nc1ccc2c(c1)-c1cn(C)c(=O)cc1OCCCCc1cc(OC(F)(F)F)ccc1O2. The maximum atomic E-state index is 12.8. The van der Waals surface area contributed by atoms with Gasteiger partial charge in [0, 0.05) is 36.1 Å². The van der Waals surface area contributed by atoms with E-state index in [0.717, 1.165) is 0 Å². The highest BCUT2D eigenvalue weighted by Gasteiger charge is 2.31. The molecule has 0 spiro atoms. The van der Waals surface area contributed by atoms with Gasteiger partial charge in [-0.05, 0) is 68.1 Å². The molecule has 1 aliphatic heterocycles. The topological polar surface area (TPSA) is 95.9 Å². The zero-order valence-corrected chi connectivity index (χ0v) is 20.9. The van der Waals surface area contributed by atoms with Gasteiger partial charge in [-0.1, -0.05) is 0 Å². The summed E-state index contributed by atoms with van der Waals surface area (Å²) in [7, 11) is -2.01. The van der Waals surface area contributed by atoms with Crippen LogP contribution in [0, 0.1) is 0 Å². The number of aryl methyl sites for hydroxylation is 2. The van der Waals surface area contributed by atoms with Crippen LogP contribution in [0.5, 0.6) is 23.0 Å². The first kappa shape index (κ1) is 26.4. The third-order valence-corrected chi connectivity index (χ3v) is 7.00. The molecule has 1 aliphatic rings. The Hall–Kier alpha value is -3.67. The normalized spacial score (nSPS) is 14.0. The molecule has 2 aromatic carbocycles. The molecule has 1 aromatic heterocycles. The quantitative estimate of drug-likeness (QED) is 0.490. The summed E-state index contributed by atoms with van der Waals surface area (Å²) in [5, 5.41) is 0. The van der Waals surface area contributed by atoms with Crippen molar-refractivity contribution in [1.29, 1.82) is 0 Å². The van der Waals surface area contributed by atoms with Crippen LogP contribution in [-0.2, 0) is 23.5 Å². The summed E-state index contributed by atoms with van der Waals surface area (Å²) in [5.41, 5.74) is 1.38. The van der Waals surface area contributed by atoms with Crippen molar-refractivity contribution in [2.45, 2.75) is 32.5 Å². The minimum absolute atomic E-state index is 0.134. The Morgan fingerprint density at radius 1 is 1.03 bits per heavy atom. The van der Waals surface area contributed by atoms with Crippen LogP contribution in [0.2, 0.25) is 0 Å². The fourth-order valence-electron chi connectivity index (χ4n) is 3.84. The van der Waals surface area contributed by atoms with E-state index in [2.05, 4.69) is 9.46 Å². The lowest BCUT2D eigenvalue weighted by atomic mass is 10.0. The highest BCUT2D eigenvalue weighted by Crippen LogP contribution is 2.41. The van der Waals surface area contributed by atoms with Crippen molar-refractivity contribution in [2.75, 3.05) is 17.1 Å². The smallest absolute Gasteiger partial charge is 0.493 e. The minimum Gasteiger partial charge on any atom is -0.493 e. The van der Waals surface area contributed by atoms with Crippen LogP contribution in [0.15, 0.2) is 53.5 Å². The zero-order chi connectivity index (χ0) is 26.8. The first-order valence-electron chi connectivity index (χ1n) is 11.5. The van der Waals surface area contributed by atoms with Crippen molar-refractivity contribution < 1.29 is 35.8 Å². The lowest BCUT2D eigenvalue weighted by Crippen LogP contribution is -2.17. The number of aromatic nitrogens is 1. The average molecular weight is 539 g/mol. The zero-order valence-electron chi connectivity index (χ0n) is 20.1. The molecule has 8 nitrogen and oxygen atoms in total. The Bertz CT molecular complexity index is 1470. The minimum atomic E-state index is -4.83. The van der Waals surface area contributed by atoms with Crippen molar-refractivity contribution in [1.82, 2.24) is 4.57 Å². The lowest BCUT2D eigenvalue weighted by Gasteiger charge is -2.20. The van der Waals surface area contributed by atoms with Crippen molar-refractivity contribution in [3.63, 3.8) is 0 Å². The van der Waals surface area contributed by atoms with E-state index in [0.29, 0.717) is 47.5 Å². The van der Waals surface area contributed by atoms with Gasteiger partial charge in [-0.2, -0.15) is 0 Å². The molecule has 0 atom stereocenters. The lowest BCUT2D eigenvalue weighted by molar-refractivity contribution is -0.274. The molecule has 3 aromatic rings. The number of hydrogen-bond acceptors (Lipinski definition) is 6. The molecular formula is C25H25F3N2O6S. The van der Waals surface area contributed by atoms with Crippen LogP contribution in [0.3, 0.4) is 0 Å². The van der Waals surface area contributed by atoms with E-state index in [4.69, 9.17) is 9.47 Å². The number of fused-ring (bicyclic) bond motifs is 4. The van der Waals surface area contributed by atoms with Crippen molar-refractivity contribution in [3.05, 3.63) is 64.6 Å². The summed E-state index contributed by atoms with van der Waals surface area (Å²) < 4.78 is 82.7. The van der Waals surface area contributed by atoms with Crippen LogP contribution in [-0.4, -0.2) is 31.7 Å². The molecule has 0 fully saturated rings. The Morgan fingerprint density at radius 2 is 1.78 bits per heavy atom. The summed E-state index contributed by atoms with van der Waals surface area (Å²) in [6.07, 6.45) is -1.74. The molecule has 0 bridgehead atoms. The standard InChI is InChI=1S/C25H25F3N2O6S/c1-3-37(32,33)29-17-7-9-22-19(13-17)20-15-30(2)24(31)14-23(20)34-11-5-4-6-16-12-18(36-25(26,27)28)8-10-21(16)35-22/h7-10,12-15,29H,3-6,11H2,1-2H3. The molecule has 0 saturated heterocycles. The molecule has 0 saturated carbocycles. The average Bonchev–Trinajstić information content (AvgIpc) is 2.81. The van der Waals surface area contributed by atoms with Gasteiger partial charge in [-0.25, -0.2) is 8.42 Å². The number of nitrogens with zero attached hydrogens (tertiary/aromatic N) is 1. The van der Waals surface area contributed by atoms with Crippen LogP contribution in [0.1, 0.15) is 25.3 Å². The number of alkyl halides is 3. The molecule has 37 heavy (non-hydrogen) atoms. The van der Waals surface area contributed by atoms with Gasteiger partial charge in [0.2, 0.25) is 10.0 Å². The van der Waals surface area contributed by atoms with E-state index >= 15 is 0 Å². The number of anilines is 1. The number of halogens is 3. The molecule has 0 aliphatic carbocycles. The number of pyridine rings is 1. The Labute approximate surface area is 211 Å². The van der Waals surface area contributed by atoms with Crippen LogP contribution >= 0.6 is 0 Å². The molecule has 0 amide bonds. The molecule has 198 valence electrons. The maximum Gasteiger partial charge on any atom is 0.573 e. The Kier molecular flexibility index (Phi) is 7.39. The Morgan fingerprint density at radius 3 is 2.51 bits per heavy atom. The third-order valence-electron chi connectivity index (χ3n) is 5.70. The molecule has 0 radical (unpaired) electrons. The molecule has 1 N–H and O–H groups in total. The fourth-order valence-corrected chi connectivity index (χ4v) is 4.48. The van der Waals surface area contributed by atoms with E-state index < -0.39 is 16.4 Å². The van der Waals surface area contributed by atoms with Crippen LogP contribution < -0.4 is 24.5 Å². The molecular weight excluding hydrogens is 513 g/mol. The number of hydrogen-bond donors (Lipinski definition) is 1. The maximum absolute atomic E-state index is 12.8. The fraction of sp³-hybridized carbons (Fsp3) is 0.320. The van der Waals surface area contributed by atoms with E-state index in [1.54, 1.807) is 25.4 Å². The van der Waals surface area contributed by atoms with Gasteiger partial charge < -0.3 is 18.8 Å². The predicted molar refractivity (Wildman–Crippen MR) is 132 cm³/mol. The number of rotatable bonds is 4. The Balaban J connectivity index is 1.87. The second kappa shape index (κ2) is 10.4. The van der Waals surface area contributed by atoms with Gasteiger partial charge in [0.1, 0.15) is 23.0 Å². The highest BCUT2D eigenvalue weighted by atomic mass is 32.2. The predicted octanol–water partition coefficient (Wildman–Crippen LogP) is 5.22. The number of nitrogens with one attached hydrogen (secondary N) is 1. The second-order valence-corrected chi connectivity index (χ2v) is 10.5. The monoisotopic (exact) mass is 538 g/mol. The summed E-state index contributed by atoms with van der Waals surface area (Å²) in [6, 6.07) is 9.83. The van der Waals surface area contributed by atoms with Gasteiger partial charge in [-0.15, -0.1) is 13.2 Å². The van der Waals surface area contributed by atoms with Crippen molar-refractivity contribution in [3.8, 4) is 34.1 Å². The third kappa shape index (κ3) is 6.56. The number of sulfonamides is 1. The molecule has 4 rings (SSSR count). The van der Waals surface area contributed by atoms with Gasteiger partial charge in [0.15, 0.2) is 0 Å². The van der Waals surface area contributed by atoms with Gasteiger partial charge in [-0.3, -0.25) is 9.52 Å². The van der Waals surface area contributed by atoms with E-state index in [1.807, 2.05) is 0 Å². The van der Waals surface area contributed by atoms with Gasteiger partial charge in [0.05, 0.1) is 12.4 Å². The van der Waals surface area contributed by atoms with E-state index in [9.17, 15) is 26.4 Å². The summed E-state index contributed by atoms with van der Waals surface area (Å²) >= 11 is 0. The largest absolute Gasteiger partial charge is 0.573 e. The molecule has 0 unspecified atom stereocenters. The summed E-state index contributed by atoms with van der Waals surface area (Å²) in [4.78, 5) is 12.3. The first-order valence-corrected chi connectivity index (χ1v) is 13.1. The molecule has 2 heterocycles. The van der Waals surface area contributed by atoms with Gasteiger partial charge >= 0.3 is 6.36 Å². The highest BCUT2D eigenvalue weighted by molar-refractivity contribution is 7.92. The molecule has 12 heteroatoms.